The summed E-state index contributed by atoms with van der Waals surface area (Å²) < 4.78 is 6.30. The highest BCUT2D eigenvalue weighted by molar-refractivity contribution is 6.34. The topological polar surface area (TPSA) is 37.5 Å². The Balaban J connectivity index is 2.24. The molecule has 0 atom stereocenters. The van der Waals surface area contributed by atoms with Crippen molar-refractivity contribution < 1.29 is 4.42 Å². The molecule has 0 bridgehead atoms. The first-order valence-corrected chi connectivity index (χ1v) is 9.28. The van der Waals surface area contributed by atoms with Crippen molar-refractivity contribution in [3.8, 4) is 22.5 Å². The second-order valence-corrected chi connectivity index (χ2v) is 7.14. The molecule has 4 rings (SSSR count). The molecule has 4 heteroatoms. The number of rotatable bonds is 2. The van der Waals surface area contributed by atoms with Crippen molar-refractivity contribution in [2.75, 3.05) is 19.4 Å². The van der Waals surface area contributed by atoms with Crippen molar-refractivity contribution in [3.63, 3.8) is 0 Å². The first-order valence-electron chi connectivity index (χ1n) is 8.90. The van der Waals surface area contributed by atoms with Gasteiger partial charge < -0.3 is 9.73 Å². The van der Waals surface area contributed by atoms with E-state index < -0.39 is 0 Å². The lowest BCUT2D eigenvalue weighted by atomic mass is 9.91. The van der Waals surface area contributed by atoms with Crippen molar-refractivity contribution in [1.29, 1.82) is 0 Å². The van der Waals surface area contributed by atoms with E-state index in [1.807, 2.05) is 37.4 Å². The zero-order valence-electron chi connectivity index (χ0n) is 15.9. The van der Waals surface area contributed by atoms with Crippen LogP contribution in [0.5, 0.6) is 0 Å². The first-order chi connectivity index (χ1) is 13.0. The van der Waals surface area contributed by atoms with Gasteiger partial charge in [0.15, 0.2) is 0 Å². The molecule has 1 N–H and O–H groups in total. The van der Waals surface area contributed by atoms with Gasteiger partial charge in [-0.2, -0.15) is 0 Å². The average Bonchev–Trinajstić information content (AvgIpc) is 2.66. The number of hydrogen-bond donors (Lipinski definition) is 1. The lowest BCUT2D eigenvalue weighted by Crippen LogP contribution is -2.08. The third kappa shape index (κ3) is 2.88. The van der Waals surface area contributed by atoms with E-state index >= 15 is 0 Å². The Labute approximate surface area is 163 Å². The largest absolute Gasteiger partial charge is 0.456 e. The quantitative estimate of drug-likeness (QED) is 0.432. The van der Waals surface area contributed by atoms with Crippen LogP contribution in [0.25, 0.3) is 33.4 Å². The molecule has 0 aromatic heterocycles. The summed E-state index contributed by atoms with van der Waals surface area (Å²) >= 11 is 6.59. The van der Waals surface area contributed by atoms with Crippen molar-refractivity contribution in [1.82, 2.24) is 0 Å². The molecule has 1 aliphatic heterocycles. The Kier molecular flexibility index (Phi) is 4.40. The van der Waals surface area contributed by atoms with Crippen LogP contribution in [0.3, 0.4) is 0 Å². The summed E-state index contributed by atoms with van der Waals surface area (Å²) in [7, 11) is 3.72. The maximum absolute atomic E-state index is 6.59. The average molecular weight is 377 g/mol. The third-order valence-corrected chi connectivity index (χ3v) is 5.37. The van der Waals surface area contributed by atoms with Gasteiger partial charge in [-0.05, 0) is 43.2 Å². The summed E-state index contributed by atoms with van der Waals surface area (Å²) in [4.78, 5) is 4.37. The molecule has 0 radical (unpaired) electrons. The van der Waals surface area contributed by atoms with Gasteiger partial charge in [0.25, 0.3) is 0 Å². The SMILES string of the molecule is CN=c1cc2oc3cc(NC)c(C)cc3c(-c3ccccc3Cl)c-2cc1C. The van der Waals surface area contributed by atoms with Crippen LogP contribution in [-0.4, -0.2) is 14.1 Å². The van der Waals surface area contributed by atoms with Gasteiger partial charge in [-0.3, -0.25) is 4.99 Å². The molecule has 0 saturated heterocycles. The van der Waals surface area contributed by atoms with Crippen LogP contribution in [0.15, 0.2) is 57.9 Å². The minimum atomic E-state index is 0.726. The Hall–Kier alpha value is -2.78. The lowest BCUT2D eigenvalue weighted by Gasteiger charge is -2.18. The molecule has 1 aliphatic carbocycles. The zero-order chi connectivity index (χ0) is 19.1. The van der Waals surface area contributed by atoms with E-state index in [4.69, 9.17) is 16.0 Å². The monoisotopic (exact) mass is 376 g/mol. The highest BCUT2D eigenvalue weighted by Crippen LogP contribution is 2.43. The van der Waals surface area contributed by atoms with E-state index in [1.54, 1.807) is 7.05 Å². The van der Waals surface area contributed by atoms with Gasteiger partial charge in [0.1, 0.15) is 11.3 Å². The van der Waals surface area contributed by atoms with Gasteiger partial charge in [-0.25, -0.2) is 0 Å². The fraction of sp³-hybridized carbons (Fsp3) is 0.174. The Morgan fingerprint density at radius 3 is 2.44 bits per heavy atom. The molecular formula is C23H21ClN2O. The fourth-order valence-electron chi connectivity index (χ4n) is 3.65. The van der Waals surface area contributed by atoms with Gasteiger partial charge in [0, 0.05) is 59.0 Å². The highest BCUT2D eigenvalue weighted by atomic mass is 35.5. The van der Waals surface area contributed by atoms with Gasteiger partial charge in [-0.1, -0.05) is 29.8 Å². The number of hydrogen-bond acceptors (Lipinski definition) is 3. The van der Waals surface area contributed by atoms with Crippen molar-refractivity contribution in [3.05, 3.63) is 70.0 Å². The highest BCUT2D eigenvalue weighted by Gasteiger charge is 2.20. The molecule has 0 spiro atoms. The molecule has 2 aliphatic rings. The van der Waals surface area contributed by atoms with Crippen LogP contribution in [-0.2, 0) is 0 Å². The number of halogens is 1. The van der Waals surface area contributed by atoms with Gasteiger partial charge >= 0.3 is 0 Å². The van der Waals surface area contributed by atoms with Crippen molar-refractivity contribution in [2.24, 2.45) is 4.99 Å². The molecule has 3 nitrogen and oxygen atoms in total. The van der Waals surface area contributed by atoms with Crippen molar-refractivity contribution >= 4 is 28.3 Å². The summed E-state index contributed by atoms with van der Waals surface area (Å²) in [6.45, 7) is 4.16. The molecule has 0 saturated carbocycles. The summed E-state index contributed by atoms with van der Waals surface area (Å²) in [5.74, 6) is 0.800. The number of nitrogens with one attached hydrogen (secondary N) is 1. The predicted molar refractivity (Wildman–Crippen MR) is 114 cm³/mol. The Morgan fingerprint density at radius 1 is 0.963 bits per heavy atom. The summed E-state index contributed by atoms with van der Waals surface area (Å²) in [5, 5.41) is 5.93. The molecule has 27 heavy (non-hydrogen) atoms. The smallest absolute Gasteiger partial charge is 0.137 e. The second-order valence-electron chi connectivity index (χ2n) is 6.73. The number of benzene rings is 3. The number of nitrogens with zero attached hydrogens (tertiary/aromatic N) is 1. The zero-order valence-corrected chi connectivity index (χ0v) is 16.6. The molecule has 136 valence electrons. The Morgan fingerprint density at radius 2 is 1.74 bits per heavy atom. The summed E-state index contributed by atoms with van der Waals surface area (Å²) in [6.07, 6.45) is 0. The molecule has 0 fully saturated rings. The maximum Gasteiger partial charge on any atom is 0.137 e. The molecule has 0 unspecified atom stereocenters. The molecular weight excluding hydrogens is 356 g/mol. The van der Waals surface area contributed by atoms with E-state index in [-0.39, 0.29) is 0 Å². The predicted octanol–water partition coefficient (Wildman–Crippen LogP) is 6.05. The number of anilines is 1. The Bertz CT molecular complexity index is 1210. The minimum Gasteiger partial charge on any atom is -0.456 e. The summed E-state index contributed by atoms with van der Waals surface area (Å²) in [6, 6.07) is 16.3. The minimum absolute atomic E-state index is 0.726. The van der Waals surface area contributed by atoms with E-state index in [0.717, 1.165) is 60.6 Å². The van der Waals surface area contributed by atoms with Crippen LogP contribution in [0.2, 0.25) is 5.02 Å². The van der Waals surface area contributed by atoms with E-state index in [1.165, 1.54) is 0 Å². The van der Waals surface area contributed by atoms with Crippen LogP contribution < -0.4 is 10.7 Å². The van der Waals surface area contributed by atoms with Crippen LogP contribution >= 0.6 is 11.6 Å². The van der Waals surface area contributed by atoms with Crippen LogP contribution in [0.1, 0.15) is 11.1 Å². The fourth-order valence-corrected chi connectivity index (χ4v) is 3.88. The van der Waals surface area contributed by atoms with Crippen molar-refractivity contribution in [2.45, 2.75) is 13.8 Å². The standard InChI is InChI=1S/C23H21ClN2O/c1-13-9-16-21(11-19(13)25-3)27-22-12-20(26-4)14(2)10-17(22)23(16)15-7-5-6-8-18(15)24/h5-12,25H,1-4H3. The second kappa shape index (κ2) is 6.75. The molecule has 2 aromatic carbocycles. The lowest BCUT2D eigenvalue weighted by molar-refractivity contribution is 0.618. The van der Waals surface area contributed by atoms with E-state index in [0.29, 0.717) is 0 Å². The van der Waals surface area contributed by atoms with Crippen LogP contribution in [0, 0.1) is 13.8 Å². The van der Waals surface area contributed by atoms with Gasteiger partial charge in [0.05, 0.1) is 5.36 Å². The third-order valence-electron chi connectivity index (χ3n) is 5.04. The molecule has 2 aromatic rings. The first kappa shape index (κ1) is 17.6. The van der Waals surface area contributed by atoms with E-state index in [2.05, 4.69) is 42.4 Å². The normalized spacial score (nSPS) is 12.1. The molecule has 1 heterocycles. The molecule has 0 amide bonds. The van der Waals surface area contributed by atoms with Gasteiger partial charge in [0.2, 0.25) is 0 Å². The maximum atomic E-state index is 6.59. The van der Waals surface area contributed by atoms with Gasteiger partial charge in [-0.15, -0.1) is 0 Å². The number of fused-ring (bicyclic) bond motifs is 2. The summed E-state index contributed by atoms with van der Waals surface area (Å²) in [5.41, 5.74) is 7.26. The van der Waals surface area contributed by atoms with E-state index in [9.17, 15) is 0 Å². The van der Waals surface area contributed by atoms with Crippen LogP contribution in [0.4, 0.5) is 5.69 Å². The number of aryl methyl sites for hydroxylation is 2.